The minimum atomic E-state index is -6.04. The SMILES string of the molecule is C[SiH](C)[Zr]([Cl])([Cl])([CH]1C(CC2CCCCCC2)=Cc2c(-c3c4ccccc4cc4ccccc34)ccc(-c3c4ccccc4cc4ccccc34)c21)[CH]1C(CC2CCCCCC2)=Cc2c(-c3c4ccccc4cc4ccccc34)ccc(-c3c4ccccc4cc4ccccc34)c21. The van der Waals surface area contributed by atoms with Gasteiger partial charge in [-0.25, -0.2) is 0 Å². The van der Waals surface area contributed by atoms with Gasteiger partial charge in [0.05, 0.1) is 0 Å². The third kappa shape index (κ3) is 9.87. The molecule has 0 radical (unpaired) electrons. The van der Waals surface area contributed by atoms with Crippen LogP contribution >= 0.6 is 17.0 Å². The van der Waals surface area contributed by atoms with Crippen molar-refractivity contribution >= 4 is 121 Å². The number of benzene rings is 14. The fourth-order valence-corrected chi connectivity index (χ4v) is 50.6. The van der Waals surface area contributed by atoms with Crippen LogP contribution in [0.15, 0.2) is 254 Å². The van der Waals surface area contributed by atoms with Gasteiger partial charge in [0.1, 0.15) is 0 Å². The van der Waals surface area contributed by atoms with E-state index < -0.39 is 21.5 Å². The van der Waals surface area contributed by atoms with Gasteiger partial charge in [0, 0.05) is 0 Å². The average molecular weight is 1380 g/mol. The summed E-state index contributed by atoms with van der Waals surface area (Å²) in [5.74, 6) is -1.20. The molecule has 4 aliphatic carbocycles. The molecule has 2 unspecified atom stereocenters. The van der Waals surface area contributed by atoms with Crippen LogP contribution in [0.1, 0.15) is 119 Å². The molecule has 14 aromatic carbocycles. The van der Waals surface area contributed by atoms with Crippen LogP contribution in [0, 0.1) is 11.8 Å². The fraction of sp³-hybridized carbons (Fsp3) is 0.217. The quantitative estimate of drug-likeness (QED) is 0.0688. The van der Waals surface area contributed by atoms with E-state index in [1.165, 1.54) is 241 Å². The molecule has 0 amide bonds. The van der Waals surface area contributed by atoms with Crippen molar-refractivity contribution in [2.24, 2.45) is 11.8 Å². The molecular weight excluding hydrogens is 1300 g/mol. The van der Waals surface area contributed by atoms with Crippen LogP contribution in [0.2, 0.25) is 13.1 Å². The Bertz CT molecular complexity index is 5000. The van der Waals surface area contributed by atoms with Crippen LogP contribution < -0.4 is 0 Å². The van der Waals surface area contributed by atoms with E-state index in [1.54, 1.807) is 0 Å². The Morgan fingerprint density at radius 3 is 0.781 bits per heavy atom. The monoisotopic (exact) mass is 1370 g/mol. The third-order valence-corrected chi connectivity index (χ3v) is 75.7. The molecule has 0 saturated heterocycles. The maximum atomic E-state index is 10.4. The molecule has 471 valence electrons. The zero-order valence-corrected chi connectivity index (χ0v) is 60.4. The van der Waals surface area contributed by atoms with E-state index in [0.29, 0.717) is 11.8 Å². The van der Waals surface area contributed by atoms with Gasteiger partial charge in [-0.05, 0) is 0 Å². The second-order valence-electron chi connectivity index (χ2n) is 29.6. The first-order valence-corrected chi connectivity index (χ1v) is 52.4. The molecule has 14 aromatic rings. The Kier molecular flexibility index (Phi) is 15.4. The molecule has 4 heteroatoms. The second kappa shape index (κ2) is 24.4. The van der Waals surface area contributed by atoms with E-state index >= 15 is 0 Å². The molecule has 0 spiro atoms. The molecule has 0 N–H and O–H groups in total. The van der Waals surface area contributed by atoms with Crippen molar-refractivity contribution in [1.29, 1.82) is 0 Å². The molecule has 2 saturated carbocycles. The van der Waals surface area contributed by atoms with Crippen LogP contribution in [0.3, 0.4) is 0 Å². The predicted molar refractivity (Wildman–Crippen MR) is 418 cm³/mol. The number of hydrogen-bond acceptors (Lipinski definition) is 0. The Morgan fingerprint density at radius 2 is 0.531 bits per heavy atom. The Balaban J connectivity index is 1.01. The van der Waals surface area contributed by atoms with E-state index in [-0.39, 0.29) is 7.25 Å². The van der Waals surface area contributed by atoms with Gasteiger partial charge in [-0.1, -0.05) is 0 Å². The molecule has 0 bridgehead atoms. The molecule has 18 rings (SSSR count). The Morgan fingerprint density at radius 1 is 0.302 bits per heavy atom. The summed E-state index contributed by atoms with van der Waals surface area (Å²) in [6.45, 7) is 5.27. The van der Waals surface area contributed by atoms with Gasteiger partial charge in [0.15, 0.2) is 0 Å². The zero-order valence-electron chi connectivity index (χ0n) is 55.3. The van der Waals surface area contributed by atoms with E-state index in [4.69, 9.17) is 0 Å². The molecule has 0 heterocycles. The minimum absolute atomic E-state index is 0.193. The summed E-state index contributed by atoms with van der Waals surface area (Å²) < 4.78 is -0.387. The van der Waals surface area contributed by atoms with E-state index in [9.17, 15) is 17.0 Å². The number of allylic oxidation sites excluding steroid dienone is 2. The summed E-state index contributed by atoms with van der Waals surface area (Å²) in [6, 6.07) is 93.3. The van der Waals surface area contributed by atoms with Gasteiger partial charge in [0.25, 0.3) is 0 Å². The van der Waals surface area contributed by atoms with Crippen LogP contribution in [-0.4, -0.2) is 5.92 Å². The zero-order chi connectivity index (χ0) is 64.3. The number of fused-ring (bicyclic) bond motifs is 10. The van der Waals surface area contributed by atoms with Gasteiger partial charge in [0.2, 0.25) is 0 Å². The van der Waals surface area contributed by atoms with Gasteiger partial charge < -0.3 is 0 Å². The molecular formula is C92H81Cl2SiZr. The standard InChI is InChI=1S/2C45H37.C2H7Si.2ClH.Zr/c2*1-2-4-14-30(13-3-1)25-31-26-42-40(44-36-19-9-5-15-32(36)28-33-16-6-10-20-37(33)44)23-24-41(43(42)27-31)45-38-21-11-7-17-34(38)29-35-18-8-12-22-39(35)45;1-3-2;;;/h2*5-12,15-24,26-30H,1-4,13-14,25H2;3H,1-2H3;2*1H;/q;;;;;+2/p-2. The maximum absolute atomic E-state index is 10.4. The van der Waals surface area contributed by atoms with E-state index in [0.717, 1.165) is 12.8 Å². The predicted octanol–water partition coefficient (Wildman–Crippen LogP) is 27.9. The first kappa shape index (κ1) is 60.7. The van der Waals surface area contributed by atoms with Crippen LogP contribution in [-0.2, 0) is 15.6 Å². The van der Waals surface area contributed by atoms with Crippen LogP contribution in [0.25, 0.3) is 143 Å². The summed E-state index contributed by atoms with van der Waals surface area (Å²) in [5.41, 5.74) is 18.8. The topological polar surface area (TPSA) is 0 Å². The summed E-state index contributed by atoms with van der Waals surface area (Å²) in [6.07, 6.45) is 22.8. The van der Waals surface area contributed by atoms with Gasteiger partial charge in [-0.2, -0.15) is 0 Å². The molecule has 2 fully saturated rings. The normalized spacial score (nSPS) is 17.7. The summed E-state index contributed by atoms with van der Waals surface area (Å²) >= 11 is -6.04. The number of halogens is 2. The summed E-state index contributed by atoms with van der Waals surface area (Å²) in [4.78, 5) is 0. The van der Waals surface area contributed by atoms with Gasteiger partial charge in [-0.15, -0.1) is 0 Å². The second-order valence-corrected chi connectivity index (χ2v) is 72.1. The average Bonchev–Trinajstić information content (AvgIpc) is 1.52. The van der Waals surface area contributed by atoms with E-state index in [2.05, 4.69) is 268 Å². The summed E-state index contributed by atoms with van der Waals surface area (Å²) in [7, 11) is 20.8. The third-order valence-electron chi connectivity index (χ3n) is 23.9. The summed E-state index contributed by atoms with van der Waals surface area (Å²) in [5, 5.41) is 20.3. The molecule has 4 aliphatic rings. The molecule has 0 aromatic heterocycles. The molecule has 0 aliphatic heterocycles. The van der Waals surface area contributed by atoms with Crippen molar-refractivity contribution in [1.82, 2.24) is 0 Å². The van der Waals surface area contributed by atoms with Crippen molar-refractivity contribution in [3.63, 3.8) is 0 Å². The number of hydrogen-bond donors (Lipinski definition) is 0. The van der Waals surface area contributed by atoms with Gasteiger partial charge in [-0.3, -0.25) is 0 Å². The van der Waals surface area contributed by atoms with Crippen molar-refractivity contribution in [3.8, 4) is 44.5 Å². The van der Waals surface area contributed by atoms with Crippen molar-refractivity contribution in [2.45, 2.75) is 110 Å². The first-order chi connectivity index (χ1) is 47.2. The van der Waals surface area contributed by atoms with Crippen molar-refractivity contribution in [2.75, 3.05) is 0 Å². The van der Waals surface area contributed by atoms with Crippen molar-refractivity contribution < 1.29 is 15.6 Å². The van der Waals surface area contributed by atoms with Crippen molar-refractivity contribution in [3.05, 3.63) is 276 Å². The molecule has 2 atom stereocenters. The fourth-order valence-electron chi connectivity index (χ4n) is 19.5. The number of rotatable bonds is 11. The Hall–Kier alpha value is -7.68. The van der Waals surface area contributed by atoms with Gasteiger partial charge >= 0.3 is 579 Å². The van der Waals surface area contributed by atoms with Crippen LogP contribution in [0.5, 0.6) is 0 Å². The Labute approximate surface area is 574 Å². The molecule has 96 heavy (non-hydrogen) atoms. The van der Waals surface area contributed by atoms with Crippen LogP contribution in [0.4, 0.5) is 0 Å². The molecule has 0 nitrogen and oxygen atoms in total. The van der Waals surface area contributed by atoms with E-state index in [1.807, 2.05) is 0 Å². The first-order valence-electron chi connectivity index (χ1n) is 36.1.